The highest BCUT2D eigenvalue weighted by Crippen LogP contribution is 2.20. The highest BCUT2D eigenvalue weighted by molar-refractivity contribution is 5.98. The summed E-state index contributed by atoms with van der Waals surface area (Å²) in [5.74, 6) is -7.25. The van der Waals surface area contributed by atoms with Gasteiger partial charge in [-0.3, -0.25) is 48.5 Å². The molecule has 1 fully saturated rings. The molecule has 1 aromatic heterocycles. The largest absolute Gasteiger partial charge is 0.480 e. The van der Waals surface area contributed by atoms with Crippen LogP contribution in [0.15, 0.2) is 75.8 Å². The van der Waals surface area contributed by atoms with E-state index >= 15 is 0 Å². The van der Waals surface area contributed by atoms with Gasteiger partial charge in [0.15, 0.2) is 17.9 Å². The number of fused-ring (bicyclic) bond motifs is 1. The topological polar surface area (TPSA) is 462 Å². The Labute approximate surface area is 446 Å². The van der Waals surface area contributed by atoms with E-state index in [1.165, 1.54) is 0 Å². The summed E-state index contributed by atoms with van der Waals surface area (Å²) in [6.07, 6.45) is 1.59. The minimum Gasteiger partial charge on any atom is -0.480 e. The lowest BCUT2D eigenvalue weighted by atomic mass is 10.0. The van der Waals surface area contributed by atoms with Gasteiger partial charge in [0.2, 0.25) is 41.4 Å². The number of amides is 7. The first kappa shape index (κ1) is 61.1. The maximum atomic E-state index is 14.7. The van der Waals surface area contributed by atoms with Crippen LogP contribution in [-0.2, 0) is 51.2 Å². The summed E-state index contributed by atoms with van der Waals surface area (Å²) in [6.45, 7) is 2.43. The second-order valence-electron chi connectivity index (χ2n) is 18.4. The zero-order valence-corrected chi connectivity index (χ0v) is 43.4. The van der Waals surface area contributed by atoms with Gasteiger partial charge in [-0.2, -0.15) is 0 Å². The van der Waals surface area contributed by atoms with Gasteiger partial charge in [-0.05, 0) is 81.5 Å². The lowest BCUT2D eigenvalue weighted by Crippen LogP contribution is -2.60. The number of nitrogens with zero attached hydrogens (tertiary/aromatic N) is 3. The number of para-hydroxylation sites is 1. The Balaban J connectivity index is 1.79. The Hall–Kier alpha value is -8.49. The molecule has 1 saturated heterocycles. The number of aromatic amines is 1. The van der Waals surface area contributed by atoms with Gasteiger partial charge in [0.25, 0.3) is 0 Å². The summed E-state index contributed by atoms with van der Waals surface area (Å²) in [7, 11) is 0. The first-order valence-corrected chi connectivity index (χ1v) is 25.6. The normalized spacial score (nSPS) is 20.8. The van der Waals surface area contributed by atoms with E-state index in [4.69, 9.17) is 34.4 Å². The molecule has 2 heterocycles. The molecule has 27 heteroatoms. The van der Waals surface area contributed by atoms with Crippen LogP contribution in [0.4, 0.5) is 0 Å². The number of rotatable bonds is 21. The number of carbonyl (C=O) groups excluding carboxylic acids is 7. The fourth-order valence-corrected chi connectivity index (χ4v) is 8.47. The van der Waals surface area contributed by atoms with Crippen molar-refractivity contribution >= 4 is 76.1 Å². The van der Waals surface area contributed by atoms with Gasteiger partial charge in [-0.25, -0.2) is 4.79 Å². The van der Waals surface area contributed by atoms with Gasteiger partial charge in [0.05, 0.1) is 6.04 Å². The van der Waals surface area contributed by atoms with Crippen LogP contribution >= 0.6 is 0 Å². The molecule has 0 aliphatic carbocycles. The van der Waals surface area contributed by atoms with Crippen LogP contribution in [-0.4, -0.2) is 150 Å². The molecule has 77 heavy (non-hydrogen) atoms. The minimum absolute atomic E-state index is 0.0427. The third kappa shape index (κ3) is 21.7. The molecule has 4 rings (SSSR count). The lowest BCUT2D eigenvalue weighted by molar-refractivity contribution is -0.142. The molecule has 7 amide bonds. The van der Waals surface area contributed by atoms with Crippen LogP contribution in [0.3, 0.4) is 0 Å². The van der Waals surface area contributed by atoms with Crippen molar-refractivity contribution in [3.8, 4) is 0 Å². The Bertz CT molecular complexity index is 2540. The molecule has 0 bridgehead atoms. The fraction of sp³-hybridized carbons (Fsp3) is 0.500. The van der Waals surface area contributed by atoms with Gasteiger partial charge < -0.3 is 87.0 Å². The Morgan fingerprint density at radius 2 is 1.19 bits per heavy atom. The molecular formula is C50H76N18O9. The second kappa shape index (κ2) is 32.1. The number of hydrogen-bond donors (Lipinski definition) is 16. The first-order chi connectivity index (χ1) is 36.8. The predicted molar refractivity (Wildman–Crippen MR) is 290 cm³/mol. The number of carboxylic acids is 1. The van der Waals surface area contributed by atoms with E-state index in [2.05, 4.69) is 62.5 Å². The van der Waals surface area contributed by atoms with E-state index in [1.807, 2.05) is 18.2 Å². The third-order valence-corrected chi connectivity index (χ3v) is 12.4. The Morgan fingerprint density at radius 3 is 1.79 bits per heavy atom. The molecule has 0 radical (unpaired) electrons. The van der Waals surface area contributed by atoms with Gasteiger partial charge in [-0.15, -0.1) is 0 Å². The van der Waals surface area contributed by atoms with E-state index in [9.17, 15) is 43.5 Å². The van der Waals surface area contributed by atoms with Crippen molar-refractivity contribution in [1.82, 2.24) is 47.5 Å². The van der Waals surface area contributed by atoms with E-state index in [-0.39, 0.29) is 115 Å². The number of nitrogens with one attached hydrogen (secondary N) is 9. The van der Waals surface area contributed by atoms with Gasteiger partial charge in [-0.1, -0.05) is 55.5 Å². The van der Waals surface area contributed by atoms with Crippen molar-refractivity contribution in [2.45, 2.75) is 126 Å². The maximum Gasteiger partial charge on any atom is 0.326 e. The zero-order valence-electron chi connectivity index (χ0n) is 43.4. The molecule has 1 aliphatic heterocycles. The van der Waals surface area contributed by atoms with Gasteiger partial charge in [0, 0.05) is 62.5 Å². The number of nitrogens with two attached hydrogens (primary N) is 6. The summed E-state index contributed by atoms with van der Waals surface area (Å²) < 4.78 is 0. The summed E-state index contributed by atoms with van der Waals surface area (Å²) in [6, 6.07) is 6.66. The molecule has 27 nitrogen and oxygen atoms in total. The first-order valence-electron chi connectivity index (χ1n) is 25.6. The second-order valence-corrected chi connectivity index (χ2v) is 18.4. The predicted octanol–water partition coefficient (Wildman–Crippen LogP) is -3.22. The minimum atomic E-state index is -1.47. The average Bonchev–Trinajstić information content (AvgIpc) is 3.80. The highest BCUT2D eigenvalue weighted by Gasteiger charge is 2.35. The highest BCUT2D eigenvalue weighted by atomic mass is 16.4. The quantitative estimate of drug-likeness (QED) is 0.0283. The number of carboxylic acid groups (broad SMARTS) is 1. The SMILES string of the molecule is CCN[C@@H](CCCN=C(N)N)C(=O)N[C@H]1CCC(=O)NCCC[C@@H](C(=O)O)NC(=O)[C@H](Cc2c[nH]c3ccccc23)NC(=O)[C@H](CCCN=C(N)N)NC(=O)[C@@H](Cc2ccccc2)NC(=O)[C@H](CCCN=C(N)N)NC1=O. The van der Waals surface area contributed by atoms with Crippen molar-refractivity contribution in [2.75, 3.05) is 32.7 Å². The van der Waals surface area contributed by atoms with Crippen LogP contribution < -0.4 is 76.9 Å². The number of benzene rings is 2. The maximum absolute atomic E-state index is 14.7. The molecule has 0 saturated carbocycles. The number of guanidine groups is 3. The standard InChI is InChI=1S/C50H76N18O9/c1-2-57-33(16-8-23-59-48(51)52)41(70)65-36-20-21-40(69)58-22-11-19-37(47(76)77)66-46(75)39(27-30-28-62-32-15-7-6-14-31(30)32)68-43(72)35(18-10-25-61-50(55)56)64-45(74)38(26-29-12-4-3-5-13-29)67-42(71)34(63-44(36)73)17-9-24-60-49(53)54/h3-7,12-15,28,33-39,57,62H,2,8-11,16-27H2,1H3,(H,58,69)(H,63,73)(H,64,74)(H,65,70)(H,66,75)(H,67,71)(H,68,72)(H,76,77)(H4,51,52,59)(H4,53,54,60)(H4,55,56,61)/t33-,34-,35-,36-,37-,38+,39-/m0/s1. The number of carbonyl (C=O) groups is 8. The Kier molecular flexibility index (Phi) is 25.4. The molecule has 420 valence electrons. The third-order valence-electron chi connectivity index (χ3n) is 12.4. The summed E-state index contributed by atoms with van der Waals surface area (Å²) >= 11 is 0. The van der Waals surface area contributed by atoms with Crippen LogP contribution in [0.2, 0.25) is 0 Å². The smallest absolute Gasteiger partial charge is 0.326 e. The number of aliphatic carboxylic acids is 1. The zero-order chi connectivity index (χ0) is 56.3. The van der Waals surface area contributed by atoms with Crippen LogP contribution in [0.25, 0.3) is 10.9 Å². The average molecular weight is 1070 g/mol. The van der Waals surface area contributed by atoms with Crippen molar-refractivity contribution in [3.05, 3.63) is 71.9 Å². The number of likely N-dealkylation sites (N-methyl/N-ethyl adjacent to an activating group) is 1. The van der Waals surface area contributed by atoms with E-state index in [0.29, 0.717) is 24.1 Å². The molecule has 0 spiro atoms. The summed E-state index contributed by atoms with van der Waals surface area (Å²) in [5.41, 5.74) is 35.2. The van der Waals surface area contributed by atoms with Crippen LogP contribution in [0.1, 0.15) is 82.3 Å². The fourth-order valence-electron chi connectivity index (χ4n) is 8.47. The molecule has 0 unspecified atom stereocenters. The van der Waals surface area contributed by atoms with Gasteiger partial charge >= 0.3 is 5.97 Å². The van der Waals surface area contributed by atoms with Crippen LogP contribution in [0.5, 0.6) is 0 Å². The summed E-state index contributed by atoms with van der Waals surface area (Å²) in [5, 5.41) is 33.1. The summed E-state index contributed by atoms with van der Waals surface area (Å²) in [4.78, 5) is 128. The van der Waals surface area contributed by atoms with Crippen molar-refractivity contribution in [2.24, 2.45) is 49.4 Å². The lowest BCUT2D eigenvalue weighted by Gasteiger charge is -2.28. The molecule has 7 atom stereocenters. The number of H-pyrrole nitrogens is 1. The van der Waals surface area contributed by atoms with E-state index < -0.39 is 89.6 Å². The van der Waals surface area contributed by atoms with E-state index in [1.54, 1.807) is 49.5 Å². The molecule has 2 aromatic carbocycles. The molecule has 1 aliphatic rings. The van der Waals surface area contributed by atoms with Gasteiger partial charge in [0.1, 0.15) is 36.3 Å². The number of hydrogen-bond acceptors (Lipinski definition) is 12. The monoisotopic (exact) mass is 1070 g/mol. The van der Waals surface area contributed by atoms with Crippen LogP contribution in [0, 0.1) is 0 Å². The molecular weight excluding hydrogens is 997 g/mol. The Morgan fingerprint density at radius 1 is 0.662 bits per heavy atom. The number of aliphatic imine (C=N–C) groups is 3. The number of aromatic nitrogens is 1. The van der Waals surface area contributed by atoms with Crippen molar-refractivity contribution in [3.63, 3.8) is 0 Å². The molecule has 22 N–H and O–H groups in total. The molecule has 3 aromatic rings. The van der Waals surface area contributed by atoms with E-state index in [0.717, 1.165) is 10.9 Å². The van der Waals surface area contributed by atoms with Crippen molar-refractivity contribution < 1.29 is 43.5 Å². The van der Waals surface area contributed by atoms with Crippen molar-refractivity contribution in [1.29, 1.82) is 0 Å².